The number of rotatable bonds is 3. The first-order chi connectivity index (χ1) is 9.03. The van der Waals surface area contributed by atoms with Crippen LogP contribution in [0.5, 0.6) is 0 Å². The first kappa shape index (κ1) is 15.1. The van der Waals surface area contributed by atoms with Crippen molar-refractivity contribution >= 4 is 31.0 Å². The molecule has 1 heterocycles. The van der Waals surface area contributed by atoms with Crippen molar-refractivity contribution in [2.24, 2.45) is 0 Å². The van der Waals surface area contributed by atoms with Crippen LogP contribution in [0.2, 0.25) is 0 Å². The normalized spacial score (nSPS) is 25.5. The van der Waals surface area contributed by atoms with Gasteiger partial charge in [0.1, 0.15) is 0 Å². The fourth-order valence-electron chi connectivity index (χ4n) is 2.41. The van der Waals surface area contributed by atoms with E-state index in [0.717, 1.165) is 6.26 Å². The highest BCUT2D eigenvalue weighted by Crippen LogP contribution is 2.32. The van der Waals surface area contributed by atoms with E-state index >= 15 is 0 Å². The quantitative estimate of drug-likeness (QED) is 0.793. The van der Waals surface area contributed by atoms with Gasteiger partial charge in [-0.05, 0) is 25.5 Å². The topological polar surface area (TPSA) is 106 Å². The van der Waals surface area contributed by atoms with E-state index in [-0.39, 0.29) is 22.1 Å². The molecule has 20 heavy (non-hydrogen) atoms. The second-order valence-corrected chi connectivity index (χ2v) is 9.69. The Morgan fingerprint density at radius 3 is 2.50 bits per heavy atom. The molecule has 0 bridgehead atoms. The average Bonchev–Trinajstić information content (AvgIpc) is 2.54. The van der Waals surface area contributed by atoms with Crippen LogP contribution in [0, 0.1) is 0 Å². The zero-order chi connectivity index (χ0) is 15.2. The van der Waals surface area contributed by atoms with Crippen molar-refractivity contribution in [1.82, 2.24) is 0 Å². The number of benzene rings is 1. The molecular weight excluding hydrogens is 300 g/mol. The molecule has 0 radical (unpaired) electrons. The smallest absolute Gasteiger partial charge is 0.177 e. The van der Waals surface area contributed by atoms with Crippen LogP contribution in [-0.4, -0.2) is 40.1 Å². The highest BCUT2D eigenvalue weighted by atomic mass is 32.2. The maximum absolute atomic E-state index is 11.6. The monoisotopic (exact) mass is 318 g/mol. The molecule has 1 fully saturated rings. The molecule has 1 aliphatic rings. The minimum Gasteiger partial charge on any atom is -0.396 e. The number of hydrogen-bond donors (Lipinski definition) is 2. The van der Waals surface area contributed by atoms with Crippen LogP contribution in [0.4, 0.5) is 11.4 Å². The highest BCUT2D eigenvalue weighted by Gasteiger charge is 2.38. The molecule has 3 N–H and O–H groups in total. The van der Waals surface area contributed by atoms with Gasteiger partial charge >= 0.3 is 0 Å². The number of anilines is 2. The molecule has 2 rings (SSSR count). The van der Waals surface area contributed by atoms with Crippen LogP contribution in [0.25, 0.3) is 0 Å². The summed E-state index contributed by atoms with van der Waals surface area (Å²) in [5, 5.41) is 3.09. The third kappa shape index (κ3) is 3.06. The number of nitrogens with two attached hydrogens (primary N) is 1. The lowest BCUT2D eigenvalue weighted by atomic mass is 10.0. The number of sulfone groups is 2. The van der Waals surface area contributed by atoms with Crippen LogP contribution < -0.4 is 11.1 Å². The number of nitrogen functional groups attached to an aromatic ring is 1. The van der Waals surface area contributed by atoms with Crippen molar-refractivity contribution < 1.29 is 16.8 Å². The molecule has 1 aromatic rings. The fraction of sp³-hybridized carbons (Fsp3) is 0.500. The standard InChI is InChI=1S/C12H18N2O4S2/c1-12(6-7-20(17,18)8-12)14-9-4-3-5-10(11(9)13)19(2,15)16/h3-5,14H,6-8,13H2,1-2H3. The van der Waals surface area contributed by atoms with Gasteiger partial charge in [0.25, 0.3) is 0 Å². The van der Waals surface area contributed by atoms with E-state index in [1.807, 2.05) is 0 Å². The van der Waals surface area contributed by atoms with E-state index in [2.05, 4.69) is 5.32 Å². The maximum atomic E-state index is 11.6. The van der Waals surface area contributed by atoms with Crippen molar-refractivity contribution in [2.75, 3.05) is 28.8 Å². The van der Waals surface area contributed by atoms with E-state index in [1.165, 1.54) is 6.07 Å². The van der Waals surface area contributed by atoms with E-state index in [4.69, 9.17) is 5.73 Å². The van der Waals surface area contributed by atoms with Crippen molar-refractivity contribution in [3.05, 3.63) is 18.2 Å². The van der Waals surface area contributed by atoms with Crippen molar-refractivity contribution in [3.63, 3.8) is 0 Å². The van der Waals surface area contributed by atoms with Crippen LogP contribution in [0.1, 0.15) is 13.3 Å². The zero-order valence-corrected chi connectivity index (χ0v) is 13.0. The SMILES string of the molecule is CC1(Nc2cccc(S(C)(=O)=O)c2N)CCS(=O)(=O)C1. The van der Waals surface area contributed by atoms with Gasteiger partial charge in [-0.1, -0.05) is 6.07 Å². The summed E-state index contributed by atoms with van der Waals surface area (Å²) in [4.78, 5) is 0.0481. The van der Waals surface area contributed by atoms with Crippen LogP contribution in [0.15, 0.2) is 23.1 Å². The fourth-order valence-corrected chi connectivity index (χ4v) is 5.34. The summed E-state index contributed by atoms with van der Waals surface area (Å²) in [5.74, 6) is 0.144. The van der Waals surface area contributed by atoms with Crippen LogP contribution in [0.3, 0.4) is 0 Å². The summed E-state index contributed by atoms with van der Waals surface area (Å²) in [6.07, 6.45) is 1.56. The Morgan fingerprint density at radius 1 is 1.35 bits per heavy atom. The average molecular weight is 318 g/mol. The lowest BCUT2D eigenvalue weighted by molar-refractivity contribution is 0.574. The molecule has 6 nitrogen and oxygen atoms in total. The minimum absolute atomic E-state index is 0.0164. The van der Waals surface area contributed by atoms with Gasteiger partial charge in [0.05, 0.1) is 27.8 Å². The lowest BCUT2D eigenvalue weighted by Crippen LogP contribution is -2.36. The molecule has 0 spiro atoms. The number of nitrogens with one attached hydrogen (secondary N) is 1. The predicted octanol–water partition coefficient (Wildman–Crippen LogP) is 0.661. The Bertz CT molecular complexity index is 741. The largest absolute Gasteiger partial charge is 0.396 e. The Morgan fingerprint density at radius 2 is 2.00 bits per heavy atom. The van der Waals surface area contributed by atoms with E-state index in [1.54, 1.807) is 19.1 Å². The summed E-state index contributed by atoms with van der Waals surface area (Å²) in [7, 11) is -6.46. The van der Waals surface area contributed by atoms with E-state index in [9.17, 15) is 16.8 Å². The molecular formula is C12H18N2O4S2. The summed E-state index contributed by atoms with van der Waals surface area (Å²) in [6, 6.07) is 4.67. The van der Waals surface area contributed by atoms with Gasteiger partial charge in [0.15, 0.2) is 19.7 Å². The Kier molecular flexibility index (Phi) is 3.50. The molecule has 1 saturated heterocycles. The van der Waals surface area contributed by atoms with Gasteiger partial charge in [-0.25, -0.2) is 16.8 Å². The van der Waals surface area contributed by atoms with E-state index < -0.39 is 25.2 Å². The first-order valence-electron chi connectivity index (χ1n) is 6.10. The third-order valence-electron chi connectivity index (χ3n) is 3.41. The molecule has 0 aliphatic carbocycles. The first-order valence-corrected chi connectivity index (χ1v) is 9.81. The summed E-state index contributed by atoms with van der Waals surface area (Å²) < 4.78 is 46.4. The lowest BCUT2D eigenvalue weighted by Gasteiger charge is -2.26. The summed E-state index contributed by atoms with van der Waals surface area (Å²) in [5.41, 5.74) is 5.84. The van der Waals surface area contributed by atoms with Gasteiger partial charge in [0.2, 0.25) is 0 Å². The predicted molar refractivity (Wildman–Crippen MR) is 79.3 cm³/mol. The Balaban J connectivity index is 2.37. The second kappa shape index (κ2) is 4.63. The molecule has 1 aromatic carbocycles. The molecule has 1 atom stereocenters. The molecule has 1 aliphatic heterocycles. The maximum Gasteiger partial charge on any atom is 0.177 e. The summed E-state index contributed by atoms with van der Waals surface area (Å²) in [6.45, 7) is 1.80. The van der Waals surface area contributed by atoms with Crippen molar-refractivity contribution in [3.8, 4) is 0 Å². The molecule has 1 unspecified atom stereocenters. The molecule has 0 amide bonds. The summed E-state index contributed by atoms with van der Waals surface area (Å²) >= 11 is 0. The van der Waals surface area contributed by atoms with Crippen molar-refractivity contribution in [2.45, 2.75) is 23.8 Å². The Hall–Kier alpha value is -1.28. The number of hydrogen-bond acceptors (Lipinski definition) is 6. The van der Waals surface area contributed by atoms with Crippen molar-refractivity contribution in [1.29, 1.82) is 0 Å². The second-order valence-electron chi connectivity index (χ2n) is 5.52. The number of para-hydroxylation sites is 1. The van der Waals surface area contributed by atoms with Gasteiger partial charge < -0.3 is 11.1 Å². The minimum atomic E-state index is -3.42. The van der Waals surface area contributed by atoms with Gasteiger partial charge in [-0.2, -0.15) is 0 Å². The zero-order valence-electron chi connectivity index (χ0n) is 11.4. The van der Waals surface area contributed by atoms with Crippen LogP contribution in [-0.2, 0) is 19.7 Å². The Labute approximate surface area is 119 Å². The van der Waals surface area contributed by atoms with Gasteiger partial charge in [-0.3, -0.25) is 0 Å². The van der Waals surface area contributed by atoms with E-state index in [0.29, 0.717) is 12.1 Å². The van der Waals surface area contributed by atoms with Gasteiger partial charge in [-0.15, -0.1) is 0 Å². The molecule has 0 saturated carbocycles. The third-order valence-corrected chi connectivity index (χ3v) is 6.46. The molecule has 112 valence electrons. The molecule has 8 heteroatoms. The highest BCUT2D eigenvalue weighted by molar-refractivity contribution is 7.91. The van der Waals surface area contributed by atoms with Gasteiger partial charge in [0, 0.05) is 11.8 Å². The molecule has 0 aromatic heterocycles. The van der Waals surface area contributed by atoms with Crippen LogP contribution >= 0.6 is 0 Å².